The molecule has 0 fully saturated rings. The fourth-order valence-corrected chi connectivity index (χ4v) is 2.58. The van der Waals surface area contributed by atoms with Crippen molar-refractivity contribution in [2.24, 2.45) is 0 Å². The molecule has 0 atom stereocenters. The van der Waals surface area contributed by atoms with E-state index < -0.39 is 11.7 Å². The Morgan fingerprint density at radius 1 is 1.50 bits per heavy atom. The van der Waals surface area contributed by atoms with E-state index in [0.29, 0.717) is 20.9 Å². The van der Waals surface area contributed by atoms with Crippen molar-refractivity contribution in [2.45, 2.75) is 0 Å². The number of rotatable bonds is 3. The number of carbonyl (C=O) groups excluding carboxylic acids is 1. The first kappa shape index (κ1) is 14.7. The van der Waals surface area contributed by atoms with Crippen LogP contribution in [0.15, 0.2) is 35.1 Å². The molecule has 0 aliphatic rings. The van der Waals surface area contributed by atoms with Crippen LogP contribution in [-0.4, -0.2) is 18.0 Å². The first-order valence-corrected chi connectivity index (χ1v) is 6.64. The second-order valence-electron chi connectivity index (χ2n) is 3.78. The molecular formula is C13H9BrClFN2O2. The number of halogens is 3. The van der Waals surface area contributed by atoms with Gasteiger partial charge in [0.25, 0.3) is 5.91 Å². The lowest BCUT2D eigenvalue weighted by atomic mass is 10.2. The molecular weight excluding hydrogens is 351 g/mol. The van der Waals surface area contributed by atoms with Gasteiger partial charge in [0.05, 0.1) is 29.0 Å². The van der Waals surface area contributed by atoms with Crippen LogP contribution in [0, 0.1) is 5.82 Å². The molecule has 2 aromatic rings. The Morgan fingerprint density at radius 3 is 2.90 bits per heavy atom. The molecule has 0 saturated carbocycles. The van der Waals surface area contributed by atoms with E-state index in [1.807, 2.05) is 0 Å². The molecule has 1 N–H and O–H groups in total. The van der Waals surface area contributed by atoms with Crippen molar-refractivity contribution >= 4 is 39.1 Å². The van der Waals surface area contributed by atoms with Crippen LogP contribution in [0.25, 0.3) is 0 Å². The highest BCUT2D eigenvalue weighted by molar-refractivity contribution is 9.10. The number of nitrogens with zero attached hydrogens (tertiary/aromatic N) is 1. The number of carbonyl (C=O) groups is 1. The SMILES string of the molecule is COc1c(Br)cc(Cl)cc1NC(=O)c1ccncc1F. The van der Waals surface area contributed by atoms with E-state index >= 15 is 0 Å². The third-order valence-electron chi connectivity index (χ3n) is 2.48. The average molecular weight is 360 g/mol. The number of pyridine rings is 1. The summed E-state index contributed by atoms with van der Waals surface area (Å²) in [6, 6.07) is 4.43. The number of aromatic nitrogens is 1. The van der Waals surface area contributed by atoms with E-state index in [0.717, 1.165) is 6.20 Å². The molecule has 0 radical (unpaired) electrons. The van der Waals surface area contributed by atoms with Crippen LogP contribution < -0.4 is 10.1 Å². The van der Waals surface area contributed by atoms with Gasteiger partial charge in [-0.25, -0.2) is 4.39 Å². The van der Waals surface area contributed by atoms with Gasteiger partial charge in [-0.15, -0.1) is 0 Å². The van der Waals surface area contributed by atoms with E-state index in [4.69, 9.17) is 16.3 Å². The molecule has 0 aliphatic heterocycles. The van der Waals surface area contributed by atoms with Gasteiger partial charge in [0.1, 0.15) is 0 Å². The molecule has 0 saturated heterocycles. The monoisotopic (exact) mass is 358 g/mol. The average Bonchev–Trinajstić information content (AvgIpc) is 2.38. The van der Waals surface area contributed by atoms with Crippen molar-refractivity contribution in [3.8, 4) is 5.75 Å². The molecule has 1 aromatic heterocycles. The lowest BCUT2D eigenvalue weighted by Crippen LogP contribution is -2.14. The zero-order valence-electron chi connectivity index (χ0n) is 10.3. The van der Waals surface area contributed by atoms with Gasteiger partial charge in [0.2, 0.25) is 0 Å². The second kappa shape index (κ2) is 6.19. The Morgan fingerprint density at radius 2 is 2.25 bits per heavy atom. The molecule has 0 unspecified atom stereocenters. The van der Waals surface area contributed by atoms with Crippen LogP contribution in [0.4, 0.5) is 10.1 Å². The van der Waals surface area contributed by atoms with Gasteiger partial charge >= 0.3 is 0 Å². The van der Waals surface area contributed by atoms with E-state index in [-0.39, 0.29) is 5.56 Å². The number of hydrogen-bond acceptors (Lipinski definition) is 3. The minimum absolute atomic E-state index is 0.113. The number of ether oxygens (including phenoxy) is 1. The summed E-state index contributed by atoms with van der Waals surface area (Å²) >= 11 is 9.19. The third kappa shape index (κ3) is 3.08. The van der Waals surface area contributed by atoms with Crippen molar-refractivity contribution in [3.05, 3.63) is 51.5 Å². The van der Waals surface area contributed by atoms with E-state index in [1.165, 1.54) is 25.4 Å². The molecule has 4 nitrogen and oxygen atoms in total. The Kier molecular flexibility index (Phi) is 4.57. The summed E-state index contributed by atoms with van der Waals surface area (Å²) in [6.45, 7) is 0. The minimum Gasteiger partial charge on any atom is -0.493 e. The smallest absolute Gasteiger partial charge is 0.258 e. The van der Waals surface area contributed by atoms with E-state index in [2.05, 4.69) is 26.2 Å². The maximum atomic E-state index is 13.5. The van der Waals surface area contributed by atoms with Gasteiger partial charge < -0.3 is 10.1 Å². The maximum absolute atomic E-state index is 13.5. The van der Waals surface area contributed by atoms with Gasteiger partial charge in [-0.05, 0) is 34.1 Å². The molecule has 7 heteroatoms. The Labute approximate surface area is 128 Å². The molecule has 20 heavy (non-hydrogen) atoms. The number of anilines is 1. The number of benzene rings is 1. The second-order valence-corrected chi connectivity index (χ2v) is 5.07. The lowest BCUT2D eigenvalue weighted by Gasteiger charge is -2.12. The number of methoxy groups -OCH3 is 1. The van der Waals surface area contributed by atoms with E-state index in [1.54, 1.807) is 6.07 Å². The first-order chi connectivity index (χ1) is 9.52. The highest BCUT2D eigenvalue weighted by Gasteiger charge is 2.16. The molecule has 1 heterocycles. The Balaban J connectivity index is 2.35. The molecule has 0 spiro atoms. The van der Waals surface area contributed by atoms with Crippen LogP contribution in [0.5, 0.6) is 5.75 Å². The summed E-state index contributed by atoms with van der Waals surface area (Å²) in [5.41, 5.74) is 0.228. The normalized spacial score (nSPS) is 10.2. The zero-order valence-corrected chi connectivity index (χ0v) is 12.6. The summed E-state index contributed by atoms with van der Waals surface area (Å²) in [7, 11) is 1.46. The van der Waals surface area contributed by atoms with Crippen LogP contribution in [0.3, 0.4) is 0 Å². The maximum Gasteiger partial charge on any atom is 0.258 e. The number of nitrogens with one attached hydrogen (secondary N) is 1. The van der Waals surface area contributed by atoms with Crippen molar-refractivity contribution in [1.29, 1.82) is 0 Å². The van der Waals surface area contributed by atoms with Crippen molar-refractivity contribution in [3.63, 3.8) is 0 Å². The number of amides is 1. The topological polar surface area (TPSA) is 51.2 Å². The van der Waals surface area contributed by atoms with Crippen molar-refractivity contribution in [2.75, 3.05) is 12.4 Å². The standard InChI is InChI=1S/C13H9BrClFN2O2/c1-20-12-9(14)4-7(15)5-11(12)18-13(19)8-2-3-17-6-10(8)16/h2-6H,1H3,(H,18,19). The fraction of sp³-hybridized carbons (Fsp3) is 0.0769. The van der Waals surface area contributed by atoms with Gasteiger partial charge in [-0.1, -0.05) is 11.6 Å². The molecule has 1 amide bonds. The Bertz CT molecular complexity index is 667. The molecule has 0 aliphatic carbocycles. The third-order valence-corrected chi connectivity index (χ3v) is 3.29. The van der Waals surface area contributed by atoms with Gasteiger partial charge in [0, 0.05) is 11.2 Å². The molecule has 0 bridgehead atoms. The highest BCUT2D eigenvalue weighted by atomic mass is 79.9. The fourth-order valence-electron chi connectivity index (χ4n) is 1.61. The predicted molar refractivity (Wildman–Crippen MR) is 77.9 cm³/mol. The van der Waals surface area contributed by atoms with Gasteiger partial charge in [0.15, 0.2) is 11.6 Å². The van der Waals surface area contributed by atoms with Crippen LogP contribution in [0.2, 0.25) is 5.02 Å². The summed E-state index contributed by atoms with van der Waals surface area (Å²) in [5.74, 6) is -0.917. The highest BCUT2D eigenvalue weighted by Crippen LogP contribution is 2.36. The zero-order chi connectivity index (χ0) is 14.7. The van der Waals surface area contributed by atoms with Crippen molar-refractivity contribution < 1.29 is 13.9 Å². The quantitative estimate of drug-likeness (QED) is 0.904. The van der Waals surface area contributed by atoms with Gasteiger partial charge in [-0.3, -0.25) is 9.78 Å². The summed E-state index contributed by atoms with van der Waals surface area (Å²) < 4.78 is 19.2. The largest absolute Gasteiger partial charge is 0.493 e. The molecule has 2 rings (SSSR count). The van der Waals surface area contributed by atoms with Gasteiger partial charge in [-0.2, -0.15) is 0 Å². The summed E-state index contributed by atoms with van der Waals surface area (Å²) in [4.78, 5) is 15.6. The predicted octanol–water partition coefficient (Wildman–Crippen LogP) is 3.90. The number of hydrogen-bond donors (Lipinski definition) is 1. The van der Waals surface area contributed by atoms with Crippen LogP contribution in [0.1, 0.15) is 10.4 Å². The van der Waals surface area contributed by atoms with Crippen LogP contribution >= 0.6 is 27.5 Å². The molecule has 104 valence electrons. The molecule has 1 aromatic carbocycles. The van der Waals surface area contributed by atoms with Crippen LogP contribution in [-0.2, 0) is 0 Å². The first-order valence-electron chi connectivity index (χ1n) is 5.47. The van der Waals surface area contributed by atoms with Crippen molar-refractivity contribution in [1.82, 2.24) is 4.98 Å². The summed E-state index contributed by atoms with van der Waals surface area (Å²) in [5, 5.41) is 2.96. The van der Waals surface area contributed by atoms with E-state index in [9.17, 15) is 9.18 Å². The Hall–Kier alpha value is -1.66. The minimum atomic E-state index is -0.704. The summed E-state index contributed by atoms with van der Waals surface area (Å²) in [6.07, 6.45) is 2.31. The lowest BCUT2D eigenvalue weighted by molar-refractivity contribution is 0.102.